The normalized spacial score (nSPS) is 15.5. The van der Waals surface area contributed by atoms with E-state index in [0.29, 0.717) is 35.5 Å². The van der Waals surface area contributed by atoms with Gasteiger partial charge in [0, 0.05) is 17.5 Å². The number of rotatable bonds is 7. The highest BCUT2D eigenvalue weighted by atomic mass is 35.5. The van der Waals surface area contributed by atoms with Gasteiger partial charge in [-0.2, -0.15) is 0 Å². The van der Waals surface area contributed by atoms with E-state index in [4.69, 9.17) is 21.1 Å². The molecule has 150 valence electrons. The lowest BCUT2D eigenvalue weighted by Gasteiger charge is -2.19. The van der Waals surface area contributed by atoms with E-state index in [9.17, 15) is 4.79 Å². The molecule has 1 aliphatic carbocycles. The molecule has 0 saturated heterocycles. The van der Waals surface area contributed by atoms with Crippen molar-refractivity contribution < 1.29 is 14.3 Å². The summed E-state index contributed by atoms with van der Waals surface area (Å²) in [5, 5.41) is 0.576. The van der Waals surface area contributed by atoms with Gasteiger partial charge in [-0.3, -0.25) is 4.79 Å². The molecule has 3 nitrogen and oxygen atoms in total. The van der Waals surface area contributed by atoms with Crippen LogP contribution in [-0.2, 0) is 6.61 Å². The van der Waals surface area contributed by atoms with Gasteiger partial charge in [-0.1, -0.05) is 80.8 Å². The molecule has 0 spiro atoms. The van der Waals surface area contributed by atoms with Crippen LogP contribution in [0.3, 0.4) is 0 Å². The lowest BCUT2D eigenvalue weighted by molar-refractivity contribution is 0.0953. The third kappa shape index (κ3) is 5.75. The van der Waals surface area contributed by atoms with E-state index >= 15 is 0 Å². The molecule has 4 heteroatoms. The van der Waals surface area contributed by atoms with Gasteiger partial charge < -0.3 is 9.47 Å². The first-order valence-electron chi connectivity index (χ1n) is 10.2. The van der Waals surface area contributed by atoms with Crippen LogP contribution in [0.1, 0.15) is 67.3 Å². The summed E-state index contributed by atoms with van der Waals surface area (Å²) in [6.07, 6.45) is 9.43. The van der Waals surface area contributed by atoms with Crippen LogP contribution in [0.2, 0.25) is 5.02 Å². The topological polar surface area (TPSA) is 35.5 Å². The number of methoxy groups -OCH3 is 1. The van der Waals surface area contributed by atoms with Gasteiger partial charge in [0.15, 0.2) is 5.78 Å². The van der Waals surface area contributed by atoms with Gasteiger partial charge in [0.25, 0.3) is 0 Å². The molecular weight excluding hydrogens is 372 g/mol. The minimum absolute atomic E-state index is 0.211. The molecule has 0 amide bonds. The molecule has 0 aliphatic heterocycles. The number of ether oxygens (including phenoxy) is 2. The fourth-order valence-corrected chi connectivity index (χ4v) is 4.07. The molecule has 0 unspecified atom stereocenters. The Balaban J connectivity index is 1.64. The van der Waals surface area contributed by atoms with Gasteiger partial charge in [-0.05, 0) is 24.1 Å². The second-order valence-corrected chi connectivity index (χ2v) is 7.99. The van der Waals surface area contributed by atoms with Crippen molar-refractivity contribution in [3.05, 3.63) is 58.6 Å². The van der Waals surface area contributed by atoms with E-state index in [0.717, 1.165) is 11.1 Å². The average molecular weight is 401 g/mol. The molecule has 28 heavy (non-hydrogen) atoms. The molecule has 0 bridgehead atoms. The smallest absolute Gasteiger partial charge is 0.163 e. The number of hydrogen-bond donors (Lipinski definition) is 0. The van der Waals surface area contributed by atoms with Crippen LogP contribution < -0.4 is 9.47 Å². The van der Waals surface area contributed by atoms with Crippen molar-refractivity contribution in [1.29, 1.82) is 0 Å². The summed E-state index contributed by atoms with van der Waals surface area (Å²) in [5.41, 5.74) is 1.62. The van der Waals surface area contributed by atoms with E-state index in [-0.39, 0.29) is 5.78 Å². The van der Waals surface area contributed by atoms with Gasteiger partial charge in [0.1, 0.15) is 18.1 Å². The zero-order valence-corrected chi connectivity index (χ0v) is 17.3. The summed E-state index contributed by atoms with van der Waals surface area (Å²) in [5.74, 6) is 2.04. The summed E-state index contributed by atoms with van der Waals surface area (Å²) in [7, 11) is 1.62. The van der Waals surface area contributed by atoms with Gasteiger partial charge in [0.2, 0.25) is 0 Å². The molecule has 0 aromatic heterocycles. The lowest BCUT2D eigenvalue weighted by atomic mass is 9.86. The third-order valence-electron chi connectivity index (χ3n) is 5.53. The number of Topliss-reactive ketones (excluding diaryl/α,β-unsaturated/α-hetero) is 1. The third-order valence-corrected chi connectivity index (χ3v) is 5.84. The monoisotopic (exact) mass is 400 g/mol. The Kier molecular flexibility index (Phi) is 7.79. The molecule has 1 saturated carbocycles. The Labute approximate surface area is 173 Å². The fourth-order valence-electron chi connectivity index (χ4n) is 3.88. The second-order valence-electron chi connectivity index (χ2n) is 7.58. The summed E-state index contributed by atoms with van der Waals surface area (Å²) < 4.78 is 11.3. The summed E-state index contributed by atoms with van der Waals surface area (Å²) in [6.45, 7) is 0.337. The molecule has 0 radical (unpaired) electrons. The molecule has 0 heterocycles. The molecular formula is C24H29ClO3. The predicted molar refractivity (Wildman–Crippen MR) is 114 cm³/mol. The van der Waals surface area contributed by atoms with E-state index in [1.165, 1.54) is 44.9 Å². The number of carbonyl (C=O) groups excluding carboxylic acids is 1. The van der Waals surface area contributed by atoms with Crippen LogP contribution >= 0.6 is 11.6 Å². The number of benzene rings is 2. The molecule has 1 aliphatic rings. The highest BCUT2D eigenvalue weighted by molar-refractivity contribution is 6.32. The maximum Gasteiger partial charge on any atom is 0.163 e. The summed E-state index contributed by atoms with van der Waals surface area (Å²) in [4.78, 5) is 12.8. The standard InChI is InChI=1S/C24H29ClO3/c1-27-24-16-19(22(26)15-18-9-5-3-2-4-6-10-18)13-14-20(24)17-28-23-12-8-7-11-21(23)25/h7-8,11-14,16,18H,2-6,9-10,15,17H2,1H3. The van der Waals surface area contributed by atoms with Crippen molar-refractivity contribution in [1.82, 2.24) is 0 Å². The van der Waals surface area contributed by atoms with Gasteiger partial charge in [-0.15, -0.1) is 0 Å². The van der Waals surface area contributed by atoms with E-state index in [1.807, 2.05) is 36.4 Å². The quantitative estimate of drug-likeness (QED) is 0.476. The average Bonchev–Trinajstić information content (AvgIpc) is 2.69. The zero-order chi connectivity index (χ0) is 19.8. The van der Waals surface area contributed by atoms with Gasteiger partial charge in [-0.25, -0.2) is 0 Å². The number of halogens is 1. The van der Waals surface area contributed by atoms with Crippen LogP contribution in [0.4, 0.5) is 0 Å². The van der Waals surface area contributed by atoms with Crippen molar-refractivity contribution in [3.8, 4) is 11.5 Å². The number of ketones is 1. The van der Waals surface area contributed by atoms with Crippen molar-refractivity contribution in [2.45, 2.75) is 58.0 Å². The minimum atomic E-state index is 0.211. The molecule has 2 aromatic carbocycles. The Hall–Kier alpha value is -2.00. The highest BCUT2D eigenvalue weighted by Crippen LogP contribution is 2.29. The molecule has 0 atom stereocenters. The van der Waals surface area contributed by atoms with Gasteiger partial charge >= 0.3 is 0 Å². The maximum atomic E-state index is 12.8. The SMILES string of the molecule is COc1cc(C(=O)CC2CCCCCCC2)ccc1COc1ccccc1Cl. The Morgan fingerprint density at radius 2 is 1.71 bits per heavy atom. The first-order chi connectivity index (χ1) is 13.7. The van der Waals surface area contributed by atoms with E-state index in [1.54, 1.807) is 13.2 Å². The number of para-hydroxylation sites is 1. The second kappa shape index (κ2) is 10.5. The van der Waals surface area contributed by atoms with Crippen LogP contribution in [-0.4, -0.2) is 12.9 Å². The Morgan fingerprint density at radius 3 is 2.43 bits per heavy atom. The maximum absolute atomic E-state index is 12.8. The first-order valence-corrected chi connectivity index (χ1v) is 10.6. The molecule has 1 fully saturated rings. The predicted octanol–water partition coefficient (Wildman–Crippen LogP) is 6.86. The van der Waals surface area contributed by atoms with Gasteiger partial charge in [0.05, 0.1) is 12.1 Å². The Morgan fingerprint density at radius 1 is 1.00 bits per heavy atom. The summed E-state index contributed by atoms with van der Waals surface area (Å²) >= 11 is 6.14. The first kappa shape index (κ1) is 20.7. The molecule has 0 N–H and O–H groups in total. The minimum Gasteiger partial charge on any atom is -0.496 e. The van der Waals surface area contributed by atoms with Crippen molar-refractivity contribution >= 4 is 17.4 Å². The fraction of sp³-hybridized carbons (Fsp3) is 0.458. The van der Waals surface area contributed by atoms with Crippen LogP contribution in [0, 0.1) is 5.92 Å². The Bertz CT molecular complexity index is 779. The van der Waals surface area contributed by atoms with Crippen LogP contribution in [0.15, 0.2) is 42.5 Å². The van der Waals surface area contributed by atoms with E-state index in [2.05, 4.69) is 0 Å². The van der Waals surface area contributed by atoms with Crippen LogP contribution in [0.5, 0.6) is 11.5 Å². The molecule has 3 rings (SSSR count). The lowest BCUT2D eigenvalue weighted by Crippen LogP contribution is -2.11. The zero-order valence-electron chi connectivity index (χ0n) is 16.6. The number of hydrogen-bond acceptors (Lipinski definition) is 3. The van der Waals surface area contributed by atoms with Crippen molar-refractivity contribution in [3.63, 3.8) is 0 Å². The molecule has 2 aromatic rings. The summed E-state index contributed by atoms with van der Waals surface area (Å²) in [6, 6.07) is 13.0. The van der Waals surface area contributed by atoms with Crippen molar-refractivity contribution in [2.75, 3.05) is 7.11 Å². The van der Waals surface area contributed by atoms with Crippen molar-refractivity contribution in [2.24, 2.45) is 5.92 Å². The number of carbonyl (C=O) groups is 1. The highest BCUT2D eigenvalue weighted by Gasteiger charge is 2.18. The van der Waals surface area contributed by atoms with E-state index < -0.39 is 0 Å². The van der Waals surface area contributed by atoms with Crippen LogP contribution in [0.25, 0.3) is 0 Å². The largest absolute Gasteiger partial charge is 0.496 e.